The average molecular weight is 700 g/mol. The maximum Gasteiger partial charge on any atom is 0.250 e. The lowest BCUT2D eigenvalue weighted by atomic mass is 9.75. The first kappa shape index (κ1) is 39.9. The number of amides is 1. The summed E-state index contributed by atoms with van der Waals surface area (Å²) in [6.45, 7) is 16.7. The molecule has 1 amide bonds. The number of nitrogens with one attached hydrogen (secondary N) is 2. The van der Waals surface area contributed by atoms with Crippen LogP contribution in [-0.4, -0.2) is 107 Å². The zero-order valence-electron chi connectivity index (χ0n) is 30.9. The molecular formula is C38H61N5O7. The van der Waals surface area contributed by atoms with Crippen molar-refractivity contribution >= 4 is 17.4 Å². The highest BCUT2D eigenvalue weighted by atomic mass is 16.6. The molecule has 0 aliphatic heterocycles. The summed E-state index contributed by atoms with van der Waals surface area (Å²) in [7, 11) is 0. The number of rotatable bonds is 25. The Balaban J connectivity index is 0.983. The lowest BCUT2D eigenvalue weighted by Gasteiger charge is -2.29. The number of primary amides is 1. The number of carbonyl (C=O) groups is 2. The molecule has 2 aliphatic carbocycles. The highest BCUT2D eigenvalue weighted by molar-refractivity contribution is 6.00. The summed E-state index contributed by atoms with van der Waals surface area (Å²) >= 11 is 0. The number of nitrogens with two attached hydrogens (primary N) is 1. The Hall–Kier alpha value is -2.87. The third-order valence-corrected chi connectivity index (χ3v) is 9.59. The van der Waals surface area contributed by atoms with Gasteiger partial charge in [-0.1, -0.05) is 33.6 Å². The summed E-state index contributed by atoms with van der Waals surface area (Å²) in [6.07, 6.45) is 7.15. The van der Waals surface area contributed by atoms with Gasteiger partial charge in [-0.2, -0.15) is 5.10 Å². The number of nitrogens with zero attached hydrogens (tertiary/aromatic N) is 2. The molecule has 1 fully saturated rings. The summed E-state index contributed by atoms with van der Waals surface area (Å²) < 4.78 is 29.9. The Labute approximate surface area is 298 Å². The van der Waals surface area contributed by atoms with E-state index in [0.717, 1.165) is 67.9 Å². The Morgan fingerprint density at radius 2 is 1.50 bits per heavy atom. The lowest BCUT2D eigenvalue weighted by Crippen LogP contribution is -2.28. The second kappa shape index (κ2) is 20.8. The Bertz CT molecular complexity index is 1350. The molecule has 4 N–H and O–H groups in total. The number of hydrogen-bond donors (Lipinski definition) is 3. The van der Waals surface area contributed by atoms with Crippen LogP contribution in [-0.2, 0) is 30.1 Å². The van der Waals surface area contributed by atoms with Crippen LogP contribution >= 0.6 is 0 Å². The summed E-state index contributed by atoms with van der Waals surface area (Å²) in [5.41, 5.74) is 9.68. The number of fused-ring (bicyclic) bond motifs is 1. The van der Waals surface area contributed by atoms with Crippen LogP contribution in [0.2, 0.25) is 0 Å². The fourth-order valence-corrected chi connectivity index (χ4v) is 6.87. The van der Waals surface area contributed by atoms with E-state index in [9.17, 15) is 9.59 Å². The number of aryl methyl sites for hydroxylation is 1. The highest BCUT2D eigenvalue weighted by Crippen LogP contribution is 2.37. The quantitative estimate of drug-likeness (QED) is 0.124. The first-order valence-electron chi connectivity index (χ1n) is 18.6. The minimum absolute atomic E-state index is 0.127. The predicted octanol–water partition coefficient (Wildman–Crippen LogP) is 4.74. The topological polar surface area (TPSA) is 148 Å². The predicted molar refractivity (Wildman–Crippen MR) is 194 cm³/mol. The molecule has 1 heterocycles. The molecule has 50 heavy (non-hydrogen) atoms. The van der Waals surface area contributed by atoms with E-state index in [1.165, 1.54) is 19.3 Å². The smallest absolute Gasteiger partial charge is 0.250 e. The van der Waals surface area contributed by atoms with Crippen LogP contribution in [0.4, 0.5) is 5.69 Å². The largest absolute Gasteiger partial charge is 0.384 e. The maximum absolute atomic E-state index is 12.9. The van der Waals surface area contributed by atoms with Crippen molar-refractivity contribution in [2.24, 2.45) is 23.0 Å². The number of hydrogen-bond acceptors (Lipinski definition) is 10. The van der Waals surface area contributed by atoms with Crippen LogP contribution in [0.3, 0.4) is 0 Å². The van der Waals surface area contributed by atoms with E-state index in [1.807, 2.05) is 23.7 Å². The average Bonchev–Trinajstić information content (AvgIpc) is 3.63. The van der Waals surface area contributed by atoms with Crippen molar-refractivity contribution in [2.75, 3.05) is 91.0 Å². The molecule has 12 heteroatoms. The van der Waals surface area contributed by atoms with E-state index in [0.29, 0.717) is 89.2 Å². The monoisotopic (exact) mass is 699 g/mol. The Kier molecular flexibility index (Phi) is 16.6. The molecule has 0 bridgehead atoms. The fraction of sp³-hybridized carbons (Fsp3) is 0.711. The Morgan fingerprint density at radius 3 is 2.08 bits per heavy atom. The van der Waals surface area contributed by atoms with Crippen molar-refractivity contribution in [3.63, 3.8) is 0 Å². The van der Waals surface area contributed by atoms with Crippen LogP contribution in [0.5, 0.6) is 0 Å². The van der Waals surface area contributed by atoms with Gasteiger partial charge in [0.15, 0.2) is 5.78 Å². The van der Waals surface area contributed by atoms with Gasteiger partial charge >= 0.3 is 0 Å². The van der Waals surface area contributed by atoms with Crippen LogP contribution in [0.25, 0.3) is 5.69 Å². The van der Waals surface area contributed by atoms with Crippen molar-refractivity contribution < 1.29 is 33.3 Å². The highest BCUT2D eigenvalue weighted by Gasteiger charge is 2.35. The summed E-state index contributed by atoms with van der Waals surface area (Å²) in [6, 6.07) is 5.40. The van der Waals surface area contributed by atoms with Gasteiger partial charge in [-0.15, -0.1) is 0 Å². The molecule has 0 saturated heterocycles. The second-order valence-corrected chi connectivity index (χ2v) is 14.4. The number of Topliss-reactive ketones (excluding diaryl/α,β-unsaturated/α-hetero) is 1. The van der Waals surface area contributed by atoms with Gasteiger partial charge in [-0.3, -0.25) is 9.59 Å². The molecule has 1 saturated carbocycles. The van der Waals surface area contributed by atoms with Gasteiger partial charge in [0.05, 0.1) is 81.1 Å². The van der Waals surface area contributed by atoms with E-state index in [1.54, 1.807) is 6.07 Å². The molecule has 2 aliphatic rings. The first-order valence-corrected chi connectivity index (χ1v) is 18.6. The summed E-state index contributed by atoms with van der Waals surface area (Å²) in [5, 5.41) is 11.6. The zero-order valence-corrected chi connectivity index (χ0v) is 30.9. The van der Waals surface area contributed by atoms with E-state index < -0.39 is 5.91 Å². The van der Waals surface area contributed by atoms with Crippen LogP contribution < -0.4 is 16.4 Å². The van der Waals surface area contributed by atoms with E-state index >= 15 is 0 Å². The normalized spacial score (nSPS) is 18.4. The molecule has 4 rings (SSSR count). The van der Waals surface area contributed by atoms with E-state index in [4.69, 9.17) is 34.5 Å². The lowest BCUT2D eigenvalue weighted by molar-refractivity contribution is -0.0111. The number of aromatic nitrogens is 2. The van der Waals surface area contributed by atoms with Crippen molar-refractivity contribution in [3.05, 3.63) is 40.7 Å². The van der Waals surface area contributed by atoms with Gasteiger partial charge in [-0.25, -0.2) is 4.68 Å². The standard InChI is InChI=1S/C38H61N5O7/c1-28-8-5-9-30(28)27-40-12-6-14-46-16-18-48-20-22-50-23-21-49-19-17-47-15-7-13-41-33-24-31(10-11-32(33)37(39)45)43-34-25-38(3,4)26-35(44)36(34)29(2)42-43/h10-11,24,28,30,40-41H,5-9,12-23,25-27H2,1-4H3,(H2,39,45). The molecule has 0 radical (unpaired) electrons. The van der Waals surface area contributed by atoms with Gasteiger partial charge in [0, 0.05) is 31.9 Å². The van der Waals surface area contributed by atoms with Crippen LogP contribution in [0.1, 0.15) is 91.4 Å². The number of benzene rings is 1. The van der Waals surface area contributed by atoms with Gasteiger partial charge in [-0.05, 0) is 81.1 Å². The van der Waals surface area contributed by atoms with Crippen molar-refractivity contribution in [2.45, 2.75) is 72.6 Å². The molecule has 12 nitrogen and oxygen atoms in total. The molecule has 280 valence electrons. The van der Waals surface area contributed by atoms with Gasteiger partial charge in [0.25, 0.3) is 5.91 Å². The van der Waals surface area contributed by atoms with Gasteiger partial charge in [0.1, 0.15) is 0 Å². The molecule has 2 atom stereocenters. The van der Waals surface area contributed by atoms with Gasteiger partial charge < -0.3 is 40.1 Å². The minimum atomic E-state index is -0.512. The van der Waals surface area contributed by atoms with Crippen LogP contribution in [0, 0.1) is 24.2 Å². The van der Waals surface area contributed by atoms with Crippen molar-refractivity contribution in [1.29, 1.82) is 0 Å². The summed E-state index contributed by atoms with van der Waals surface area (Å²) in [5.74, 6) is 1.33. The zero-order chi connectivity index (χ0) is 35.8. The van der Waals surface area contributed by atoms with Crippen LogP contribution in [0.15, 0.2) is 18.2 Å². The van der Waals surface area contributed by atoms with E-state index in [2.05, 4.69) is 31.4 Å². The fourth-order valence-electron chi connectivity index (χ4n) is 6.87. The number of anilines is 1. The molecule has 2 aromatic rings. The number of ketones is 1. The Morgan fingerprint density at radius 1 is 0.900 bits per heavy atom. The van der Waals surface area contributed by atoms with Crippen molar-refractivity contribution in [1.82, 2.24) is 15.1 Å². The first-order chi connectivity index (χ1) is 24.2. The second-order valence-electron chi connectivity index (χ2n) is 14.4. The molecule has 0 spiro atoms. The van der Waals surface area contributed by atoms with Gasteiger partial charge in [0.2, 0.25) is 0 Å². The minimum Gasteiger partial charge on any atom is -0.384 e. The third-order valence-electron chi connectivity index (χ3n) is 9.59. The molecule has 1 aromatic heterocycles. The molecular weight excluding hydrogens is 638 g/mol. The molecule has 2 unspecified atom stereocenters. The summed E-state index contributed by atoms with van der Waals surface area (Å²) in [4.78, 5) is 25.0. The third kappa shape index (κ3) is 12.7. The molecule has 1 aromatic carbocycles. The SMILES string of the molecule is Cc1nn(-c2ccc(C(N)=O)c(NCCCOCCOCCOCCOCCOCCCNCC3CCCC3C)c2)c2c1C(=O)CC(C)(C)C2. The van der Waals surface area contributed by atoms with E-state index in [-0.39, 0.29) is 11.2 Å². The maximum atomic E-state index is 12.9. The number of ether oxygens (including phenoxy) is 5. The van der Waals surface area contributed by atoms with Crippen molar-refractivity contribution in [3.8, 4) is 5.69 Å². The number of carbonyl (C=O) groups excluding carboxylic acids is 2.